The lowest BCUT2D eigenvalue weighted by Crippen LogP contribution is -2.16. The van der Waals surface area contributed by atoms with Gasteiger partial charge in [0.25, 0.3) is 5.91 Å². The summed E-state index contributed by atoms with van der Waals surface area (Å²) in [5, 5.41) is 2.36. The van der Waals surface area contributed by atoms with Crippen LogP contribution in [0.1, 0.15) is 31.2 Å². The van der Waals surface area contributed by atoms with Crippen molar-refractivity contribution in [2.45, 2.75) is 48.2 Å². The third kappa shape index (κ3) is 4.43. The Balaban J connectivity index is 1.63. The van der Waals surface area contributed by atoms with Crippen molar-refractivity contribution in [3.05, 3.63) is 60.3 Å². The number of carbonyl (C=O) groups is 1. The Hall–Kier alpha value is -2.61. The minimum atomic E-state index is -3.34. The van der Waals surface area contributed by atoms with Crippen LogP contribution in [0.4, 0.5) is 14.6 Å². The molecule has 0 bridgehead atoms. The van der Waals surface area contributed by atoms with E-state index in [2.05, 4.69) is 10.3 Å². The second-order valence-electron chi connectivity index (χ2n) is 7.78. The number of carbonyl (C=O) groups excluding carboxylic acids is 1. The minimum Gasteiger partial charge on any atom is -0.307 e. The van der Waals surface area contributed by atoms with Gasteiger partial charge in [-0.05, 0) is 61.4 Å². The lowest BCUT2D eigenvalue weighted by Gasteiger charge is -2.12. The second kappa shape index (κ2) is 8.26. The molecule has 1 unspecified atom stereocenters. The van der Waals surface area contributed by atoms with Crippen LogP contribution >= 0.6 is 0 Å². The largest absolute Gasteiger partial charge is 0.307 e. The van der Waals surface area contributed by atoms with E-state index in [0.717, 1.165) is 0 Å². The number of nitrogens with zero attached hydrogens (tertiary/aromatic N) is 1. The predicted molar refractivity (Wildman–Crippen MR) is 110 cm³/mol. The van der Waals surface area contributed by atoms with E-state index >= 15 is 0 Å². The van der Waals surface area contributed by atoms with Gasteiger partial charge in [-0.25, -0.2) is 22.2 Å². The maximum absolute atomic E-state index is 13.7. The number of anilines is 1. The molecule has 1 aromatic heterocycles. The summed E-state index contributed by atoms with van der Waals surface area (Å²) in [5.74, 6) is -0.543. The first kappa shape index (κ1) is 20.7. The molecule has 2 aromatic rings. The molecule has 2 aliphatic carbocycles. The van der Waals surface area contributed by atoms with Crippen LogP contribution in [-0.4, -0.2) is 36.9 Å². The van der Waals surface area contributed by atoms with E-state index < -0.39 is 34.0 Å². The fraction of sp³-hybridized carbons (Fsp3) is 0.364. The summed E-state index contributed by atoms with van der Waals surface area (Å²) in [6.45, 7) is 0. The monoisotopic (exact) mass is 432 g/mol. The number of nitrogens with one attached hydrogen (secondary N) is 1. The van der Waals surface area contributed by atoms with Crippen molar-refractivity contribution < 1.29 is 22.0 Å². The fourth-order valence-corrected chi connectivity index (χ4v) is 5.32. The van der Waals surface area contributed by atoms with E-state index in [1.807, 2.05) is 0 Å². The van der Waals surface area contributed by atoms with Gasteiger partial charge in [0.1, 0.15) is 18.2 Å². The number of hydrogen-bond acceptors (Lipinski definition) is 4. The van der Waals surface area contributed by atoms with Crippen LogP contribution in [0.2, 0.25) is 0 Å². The highest BCUT2D eigenvalue weighted by atomic mass is 32.2. The normalized spacial score (nSPS) is 24.6. The van der Waals surface area contributed by atoms with Crippen molar-refractivity contribution in [2.24, 2.45) is 5.92 Å². The Kier molecular flexibility index (Phi) is 5.69. The number of amides is 1. The molecule has 1 heterocycles. The number of alkyl halides is 2. The number of hydrogen-bond donors (Lipinski definition) is 1. The van der Waals surface area contributed by atoms with Crippen molar-refractivity contribution in [3.8, 4) is 0 Å². The number of sulfone groups is 1. The zero-order valence-corrected chi connectivity index (χ0v) is 17.0. The fourth-order valence-electron chi connectivity index (χ4n) is 3.66. The van der Waals surface area contributed by atoms with Gasteiger partial charge in [0, 0.05) is 11.8 Å². The minimum absolute atomic E-state index is 0.00960. The first-order valence-corrected chi connectivity index (χ1v) is 11.5. The van der Waals surface area contributed by atoms with Gasteiger partial charge in [0.15, 0.2) is 9.84 Å². The molecule has 30 heavy (non-hydrogen) atoms. The Labute approximate surface area is 174 Å². The SMILES string of the molecule is O=C(Nc1ccccn1)/C(=C/C1C[C@@H](F)[C@@H](F)C1)c1ccc(S(=O)(=O)C2CC2)cc1. The topological polar surface area (TPSA) is 76.1 Å². The third-order valence-corrected chi connectivity index (χ3v) is 7.74. The maximum atomic E-state index is 13.7. The van der Waals surface area contributed by atoms with E-state index in [9.17, 15) is 22.0 Å². The van der Waals surface area contributed by atoms with Gasteiger partial charge >= 0.3 is 0 Å². The molecular formula is C22H22F2N2O3S. The summed E-state index contributed by atoms with van der Waals surface area (Å²) in [7, 11) is -3.34. The standard InChI is InChI=1S/C22H22F2N2O3S/c23-19-12-14(13-20(19)24)11-18(22(27)26-21-3-1-2-10-25-21)15-4-6-16(7-5-15)30(28,29)17-8-9-17/h1-7,10-11,14,17,19-20H,8-9,12-13H2,(H,25,26,27)/b18-11+/t14?,19-,20+. The zero-order valence-electron chi connectivity index (χ0n) is 16.2. The molecule has 1 amide bonds. The van der Waals surface area contributed by atoms with E-state index in [0.29, 0.717) is 24.2 Å². The van der Waals surface area contributed by atoms with Crippen molar-refractivity contribution in [1.29, 1.82) is 0 Å². The number of rotatable bonds is 6. The average Bonchev–Trinajstić information content (AvgIpc) is 3.54. The number of benzene rings is 1. The Bertz CT molecular complexity index is 1040. The molecule has 8 heteroatoms. The first-order valence-electron chi connectivity index (χ1n) is 9.91. The summed E-state index contributed by atoms with van der Waals surface area (Å²) in [4.78, 5) is 17.2. The molecule has 2 aliphatic rings. The molecule has 1 aromatic carbocycles. The zero-order chi connectivity index (χ0) is 21.3. The Morgan fingerprint density at radius 2 is 1.70 bits per heavy atom. The van der Waals surface area contributed by atoms with Gasteiger partial charge in [0.2, 0.25) is 0 Å². The van der Waals surface area contributed by atoms with Crippen molar-refractivity contribution in [1.82, 2.24) is 4.98 Å². The smallest absolute Gasteiger partial charge is 0.257 e. The number of allylic oxidation sites excluding steroid dienone is 1. The van der Waals surface area contributed by atoms with Crippen LogP contribution in [-0.2, 0) is 14.6 Å². The van der Waals surface area contributed by atoms with Crippen LogP contribution in [0.15, 0.2) is 59.6 Å². The number of aromatic nitrogens is 1. The van der Waals surface area contributed by atoms with Crippen LogP contribution in [0.25, 0.3) is 5.57 Å². The van der Waals surface area contributed by atoms with Gasteiger partial charge in [-0.1, -0.05) is 24.3 Å². The van der Waals surface area contributed by atoms with Crippen LogP contribution in [0.3, 0.4) is 0 Å². The Morgan fingerprint density at radius 1 is 1.03 bits per heavy atom. The second-order valence-corrected chi connectivity index (χ2v) is 10.0. The lowest BCUT2D eigenvalue weighted by atomic mass is 9.98. The van der Waals surface area contributed by atoms with E-state index in [4.69, 9.17) is 0 Å². The van der Waals surface area contributed by atoms with E-state index in [-0.39, 0.29) is 28.6 Å². The quantitative estimate of drug-likeness (QED) is 0.697. The van der Waals surface area contributed by atoms with Gasteiger partial charge in [-0.3, -0.25) is 4.79 Å². The predicted octanol–water partition coefficient (Wildman–Crippen LogP) is 4.13. The van der Waals surface area contributed by atoms with Gasteiger partial charge in [0.05, 0.1) is 10.1 Å². The van der Waals surface area contributed by atoms with Crippen molar-refractivity contribution in [3.63, 3.8) is 0 Å². The molecule has 3 atom stereocenters. The van der Waals surface area contributed by atoms with Crippen LogP contribution < -0.4 is 5.32 Å². The molecule has 158 valence electrons. The summed E-state index contributed by atoms with van der Waals surface area (Å²) < 4.78 is 52.1. The summed E-state index contributed by atoms with van der Waals surface area (Å²) >= 11 is 0. The molecule has 0 spiro atoms. The molecule has 0 saturated heterocycles. The van der Waals surface area contributed by atoms with Crippen molar-refractivity contribution in [2.75, 3.05) is 5.32 Å². The molecule has 0 radical (unpaired) electrons. The van der Waals surface area contributed by atoms with Gasteiger partial charge in [-0.2, -0.15) is 0 Å². The van der Waals surface area contributed by atoms with Crippen molar-refractivity contribution >= 4 is 27.1 Å². The molecular weight excluding hydrogens is 410 g/mol. The maximum Gasteiger partial charge on any atom is 0.257 e. The third-order valence-electron chi connectivity index (χ3n) is 5.46. The highest BCUT2D eigenvalue weighted by molar-refractivity contribution is 7.92. The first-order chi connectivity index (χ1) is 14.3. The van der Waals surface area contributed by atoms with E-state index in [1.54, 1.807) is 36.4 Å². The average molecular weight is 432 g/mol. The molecule has 2 saturated carbocycles. The van der Waals surface area contributed by atoms with Gasteiger partial charge < -0.3 is 5.32 Å². The molecule has 1 N–H and O–H groups in total. The number of halogens is 2. The van der Waals surface area contributed by atoms with E-state index in [1.165, 1.54) is 18.3 Å². The summed E-state index contributed by atoms with van der Waals surface area (Å²) in [6.07, 6.45) is 1.38. The molecule has 4 rings (SSSR count). The summed E-state index contributed by atoms with van der Waals surface area (Å²) in [5.41, 5.74) is 0.721. The van der Waals surface area contributed by atoms with Crippen LogP contribution in [0.5, 0.6) is 0 Å². The van der Waals surface area contributed by atoms with Crippen LogP contribution in [0, 0.1) is 5.92 Å². The summed E-state index contributed by atoms with van der Waals surface area (Å²) in [6, 6.07) is 11.2. The highest BCUT2D eigenvalue weighted by Gasteiger charge is 2.37. The molecule has 5 nitrogen and oxygen atoms in total. The molecule has 2 fully saturated rings. The molecule has 0 aliphatic heterocycles. The lowest BCUT2D eigenvalue weighted by molar-refractivity contribution is -0.111. The Morgan fingerprint density at radius 3 is 2.27 bits per heavy atom. The highest BCUT2D eigenvalue weighted by Crippen LogP contribution is 2.36. The van der Waals surface area contributed by atoms with Gasteiger partial charge in [-0.15, -0.1) is 0 Å². The number of pyridine rings is 1.